The molecular weight excluding hydrogens is 262 g/mol. The van der Waals surface area contributed by atoms with Crippen molar-refractivity contribution in [3.8, 4) is 0 Å². The largest absolute Gasteiger partial charge is 0.463 e. The van der Waals surface area contributed by atoms with Gasteiger partial charge < -0.3 is 19.2 Å². The van der Waals surface area contributed by atoms with Gasteiger partial charge in [0.25, 0.3) is 0 Å². The predicted octanol–water partition coefficient (Wildman–Crippen LogP) is 0.982. The van der Waals surface area contributed by atoms with Crippen LogP contribution in [0.1, 0.15) is 35.6 Å². The minimum absolute atomic E-state index is 0.0129. The Morgan fingerprint density at radius 2 is 2.35 bits per heavy atom. The number of likely N-dealkylation sites (tertiary alicyclic amines) is 1. The third-order valence-electron chi connectivity index (χ3n) is 3.53. The Kier molecular flexibility index (Phi) is 4.79. The van der Waals surface area contributed by atoms with Crippen LogP contribution in [-0.2, 0) is 16.0 Å². The molecule has 0 bridgehead atoms. The summed E-state index contributed by atoms with van der Waals surface area (Å²) in [4.78, 5) is 24.6. The number of amides is 1. The quantitative estimate of drug-likeness (QED) is 0.786. The van der Waals surface area contributed by atoms with E-state index >= 15 is 0 Å². The van der Waals surface area contributed by atoms with Crippen molar-refractivity contribution in [2.24, 2.45) is 0 Å². The molecule has 2 heterocycles. The summed E-state index contributed by atoms with van der Waals surface area (Å²) in [5, 5.41) is 9.20. The highest BCUT2D eigenvalue weighted by molar-refractivity contribution is 5.86. The number of aliphatic hydroxyl groups excluding tert-OH is 1. The summed E-state index contributed by atoms with van der Waals surface area (Å²) < 4.78 is 9.92. The molecule has 0 aliphatic carbocycles. The highest BCUT2D eigenvalue weighted by Gasteiger charge is 2.29. The third-order valence-corrected chi connectivity index (χ3v) is 3.53. The van der Waals surface area contributed by atoms with Gasteiger partial charge in [0, 0.05) is 19.4 Å². The monoisotopic (exact) mass is 281 g/mol. The topological polar surface area (TPSA) is 80.0 Å². The van der Waals surface area contributed by atoms with Crippen molar-refractivity contribution < 1.29 is 23.8 Å². The van der Waals surface area contributed by atoms with E-state index in [4.69, 9.17) is 4.42 Å². The fourth-order valence-electron chi connectivity index (χ4n) is 2.44. The van der Waals surface area contributed by atoms with Crippen molar-refractivity contribution in [2.75, 3.05) is 20.3 Å². The average Bonchev–Trinajstić information content (AvgIpc) is 3.06. The molecule has 1 N–H and O–H groups in total. The van der Waals surface area contributed by atoms with Gasteiger partial charge in [0.2, 0.25) is 11.7 Å². The maximum absolute atomic E-state index is 11.6. The lowest BCUT2D eigenvalue weighted by Crippen LogP contribution is -2.36. The van der Waals surface area contributed by atoms with Gasteiger partial charge in [-0.25, -0.2) is 4.79 Å². The predicted molar refractivity (Wildman–Crippen MR) is 70.2 cm³/mol. The summed E-state index contributed by atoms with van der Waals surface area (Å²) in [5.74, 6) is 0.482. The van der Waals surface area contributed by atoms with Crippen LogP contribution in [0.3, 0.4) is 0 Å². The Morgan fingerprint density at radius 1 is 1.55 bits per heavy atom. The number of nitrogens with zero attached hydrogens (tertiary/aromatic N) is 1. The zero-order chi connectivity index (χ0) is 14.5. The van der Waals surface area contributed by atoms with Crippen LogP contribution < -0.4 is 0 Å². The Labute approximate surface area is 117 Å². The lowest BCUT2D eigenvalue weighted by molar-refractivity contribution is -0.129. The second kappa shape index (κ2) is 6.56. The summed E-state index contributed by atoms with van der Waals surface area (Å²) in [7, 11) is 1.30. The van der Waals surface area contributed by atoms with Crippen molar-refractivity contribution in [3.63, 3.8) is 0 Å². The van der Waals surface area contributed by atoms with Gasteiger partial charge in [-0.05, 0) is 25.0 Å². The van der Waals surface area contributed by atoms with Crippen LogP contribution in [0.2, 0.25) is 0 Å². The van der Waals surface area contributed by atoms with Gasteiger partial charge in [0.15, 0.2) is 0 Å². The van der Waals surface area contributed by atoms with E-state index in [2.05, 4.69) is 4.74 Å². The first-order chi connectivity index (χ1) is 9.65. The first kappa shape index (κ1) is 14.6. The summed E-state index contributed by atoms with van der Waals surface area (Å²) in [5.41, 5.74) is 0. The van der Waals surface area contributed by atoms with E-state index in [9.17, 15) is 14.7 Å². The van der Waals surface area contributed by atoms with Crippen LogP contribution in [0.4, 0.5) is 0 Å². The number of rotatable bonds is 6. The molecular formula is C14H19NO5. The molecule has 1 aliphatic rings. The lowest BCUT2D eigenvalue weighted by Gasteiger charge is -2.22. The molecule has 6 nitrogen and oxygen atoms in total. The minimum atomic E-state index is -0.494. The number of methoxy groups -OCH3 is 1. The van der Waals surface area contributed by atoms with Crippen LogP contribution in [0.5, 0.6) is 0 Å². The van der Waals surface area contributed by atoms with Gasteiger partial charge in [-0.2, -0.15) is 0 Å². The van der Waals surface area contributed by atoms with Crippen LogP contribution in [0.15, 0.2) is 16.5 Å². The Balaban J connectivity index is 1.82. The molecule has 0 radical (unpaired) electrons. The molecule has 0 saturated carbocycles. The first-order valence-electron chi connectivity index (χ1n) is 6.73. The van der Waals surface area contributed by atoms with Gasteiger partial charge in [0.05, 0.1) is 19.8 Å². The maximum atomic E-state index is 11.6. The number of aryl methyl sites for hydroxylation is 1. The van der Waals surface area contributed by atoms with Crippen molar-refractivity contribution >= 4 is 11.9 Å². The first-order valence-corrected chi connectivity index (χ1v) is 6.73. The molecule has 20 heavy (non-hydrogen) atoms. The summed E-state index contributed by atoms with van der Waals surface area (Å²) in [6.45, 7) is 0.608. The van der Waals surface area contributed by atoms with Gasteiger partial charge in [-0.3, -0.25) is 4.79 Å². The number of esters is 1. The third kappa shape index (κ3) is 3.19. The minimum Gasteiger partial charge on any atom is -0.463 e. The Hall–Kier alpha value is -1.82. The smallest absolute Gasteiger partial charge is 0.373 e. The second-order valence-corrected chi connectivity index (χ2v) is 4.82. The Bertz CT molecular complexity index is 482. The number of carbonyl (C=O) groups excluding carboxylic acids is 2. The van der Waals surface area contributed by atoms with Gasteiger partial charge >= 0.3 is 5.97 Å². The highest BCUT2D eigenvalue weighted by atomic mass is 16.5. The molecule has 2 rings (SSSR count). The second-order valence-electron chi connectivity index (χ2n) is 4.82. The summed E-state index contributed by atoms with van der Waals surface area (Å²) in [6.07, 6.45) is 2.61. The molecule has 1 amide bonds. The fraction of sp³-hybridized carbons (Fsp3) is 0.571. The van der Waals surface area contributed by atoms with Crippen molar-refractivity contribution in [2.45, 2.75) is 31.7 Å². The molecule has 1 unspecified atom stereocenters. The number of hydrogen-bond donors (Lipinski definition) is 1. The fourth-order valence-corrected chi connectivity index (χ4v) is 2.44. The molecule has 1 aromatic heterocycles. The van der Waals surface area contributed by atoms with Crippen LogP contribution in [0.25, 0.3) is 0 Å². The van der Waals surface area contributed by atoms with Gasteiger partial charge in [0.1, 0.15) is 5.76 Å². The maximum Gasteiger partial charge on any atom is 0.373 e. The molecule has 1 fully saturated rings. The molecule has 1 saturated heterocycles. The van der Waals surface area contributed by atoms with Crippen LogP contribution in [0, 0.1) is 0 Å². The van der Waals surface area contributed by atoms with Crippen molar-refractivity contribution in [1.82, 2.24) is 4.90 Å². The molecule has 1 aliphatic heterocycles. The molecule has 110 valence electrons. The number of aliphatic hydroxyl groups is 1. The number of ether oxygens (including phenoxy) is 1. The van der Waals surface area contributed by atoms with Gasteiger partial charge in [-0.15, -0.1) is 0 Å². The molecule has 6 heteroatoms. The van der Waals surface area contributed by atoms with E-state index in [1.54, 1.807) is 17.0 Å². The molecule has 0 spiro atoms. The molecule has 1 aromatic rings. The summed E-state index contributed by atoms with van der Waals surface area (Å²) in [6, 6.07) is 3.27. The zero-order valence-electron chi connectivity index (χ0n) is 11.5. The van der Waals surface area contributed by atoms with Crippen molar-refractivity contribution in [1.29, 1.82) is 0 Å². The lowest BCUT2D eigenvalue weighted by atomic mass is 10.2. The molecule has 1 atom stereocenters. The van der Waals surface area contributed by atoms with Crippen molar-refractivity contribution in [3.05, 3.63) is 23.7 Å². The zero-order valence-corrected chi connectivity index (χ0v) is 11.5. The highest BCUT2D eigenvalue weighted by Crippen LogP contribution is 2.19. The van der Waals surface area contributed by atoms with E-state index in [0.29, 0.717) is 25.1 Å². The average molecular weight is 281 g/mol. The molecule has 0 aromatic carbocycles. The van der Waals surface area contributed by atoms with Gasteiger partial charge in [-0.1, -0.05) is 0 Å². The standard InChI is InChI=1S/C14H19NO5/c1-19-14(18)12-6-5-11(20-12)3-2-8-15-10(9-16)4-7-13(15)17/h5-6,10,16H,2-4,7-9H2,1H3. The van der Waals surface area contributed by atoms with E-state index in [-0.39, 0.29) is 24.3 Å². The SMILES string of the molecule is COC(=O)c1ccc(CCCN2C(=O)CCC2CO)o1. The van der Waals surface area contributed by atoms with Crippen LogP contribution in [-0.4, -0.2) is 48.2 Å². The van der Waals surface area contributed by atoms with E-state index in [1.165, 1.54) is 7.11 Å². The Morgan fingerprint density at radius 3 is 3.05 bits per heavy atom. The number of hydrogen-bond acceptors (Lipinski definition) is 5. The van der Waals surface area contributed by atoms with E-state index in [1.807, 2.05) is 0 Å². The van der Waals surface area contributed by atoms with E-state index in [0.717, 1.165) is 12.8 Å². The van der Waals surface area contributed by atoms with Crippen LogP contribution >= 0.6 is 0 Å². The number of carbonyl (C=O) groups is 2. The normalized spacial score (nSPS) is 18.6. The van der Waals surface area contributed by atoms with E-state index < -0.39 is 5.97 Å². The summed E-state index contributed by atoms with van der Waals surface area (Å²) >= 11 is 0. The number of furan rings is 1.